The molecule has 1 N–H and O–H groups in total. The van der Waals surface area contributed by atoms with Crippen molar-refractivity contribution >= 4 is 27.5 Å². The summed E-state index contributed by atoms with van der Waals surface area (Å²) in [4.78, 5) is 0. The molecule has 18 heavy (non-hydrogen) atoms. The van der Waals surface area contributed by atoms with E-state index in [1.54, 1.807) is 0 Å². The highest BCUT2D eigenvalue weighted by atomic mass is 79.9. The lowest BCUT2D eigenvalue weighted by Gasteiger charge is -2.32. The molecule has 1 saturated carbocycles. The van der Waals surface area contributed by atoms with Crippen molar-refractivity contribution in [1.82, 2.24) is 5.32 Å². The molecule has 0 saturated heterocycles. The molecule has 0 aliphatic heterocycles. The van der Waals surface area contributed by atoms with Crippen molar-refractivity contribution in [1.29, 1.82) is 0 Å². The Kier molecular flexibility index (Phi) is 5.53. The molecule has 3 heteroatoms. The molecule has 0 radical (unpaired) electrons. The highest BCUT2D eigenvalue weighted by molar-refractivity contribution is 9.10. The van der Waals surface area contributed by atoms with Crippen LogP contribution in [0.2, 0.25) is 5.02 Å². The summed E-state index contributed by atoms with van der Waals surface area (Å²) in [5.41, 5.74) is 1.25. The number of nitrogens with one attached hydrogen (secondary N) is 1. The Morgan fingerprint density at radius 1 is 1.33 bits per heavy atom. The molecule has 0 amide bonds. The van der Waals surface area contributed by atoms with Gasteiger partial charge < -0.3 is 5.32 Å². The van der Waals surface area contributed by atoms with E-state index in [0.29, 0.717) is 6.04 Å². The summed E-state index contributed by atoms with van der Waals surface area (Å²) in [6, 6.07) is 6.66. The SMILES string of the molecule is CCNC(c1cccc(Br)c1Cl)C1CCCCC1. The van der Waals surface area contributed by atoms with E-state index in [-0.39, 0.29) is 0 Å². The molecule has 0 spiro atoms. The van der Waals surface area contributed by atoms with Gasteiger partial charge in [-0.2, -0.15) is 0 Å². The molecule has 1 atom stereocenters. The smallest absolute Gasteiger partial charge is 0.0595 e. The third-order valence-corrected chi connectivity index (χ3v) is 5.17. The summed E-state index contributed by atoms with van der Waals surface area (Å²) in [7, 11) is 0. The molecule has 0 heterocycles. The number of benzene rings is 1. The molecule has 2 rings (SSSR count). The van der Waals surface area contributed by atoms with Crippen LogP contribution in [0, 0.1) is 5.92 Å². The molecule has 1 nitrogen and oxygen atoms in total. The van der Waals surface area contributed by atoms with Crippen molar-refractivity contribution in [2.45, 2.75) is 45.1 Å². The van der Waals surface area contributed by atoms with Crippen LogP contribution >= 0.6 is 27.5 Å². The molecule has 1 aromatic carbocycles. The molecule has 1 aliphatic carbocycles. The Morgan fingerprint density at radius 2 is 2.06 bits per heavy atom. The predicted molar refractivity (Wildman–Crippen MR) is 82.1 cm³/mol. The minimum Gasteiger partial charge on any atom is -0.310 e. The zero-order valence-corrected chi connectivity index (χ0v) is 13.2. The topological polar surface area (TPSA) is 12.0 Å². The first-order valence-corrected chi connectivity index (χ1v) is 8.08. The van der Waals surface area contributed by atoms with Gasteiger partial charge in [0.05, 0.1) is 5.02 Å². The maximum Gasteiger partial charge on any atom is 0.0595 e. The first-order valence-electron chi connectivity index (χ1n) is 6.91. The van der Waals surface area contributed by atoms with Crippen LogP contribution in [0.15, 0.2) is 22.7 Å². The van der Waals surface area contributed by atoms with E-state index in [9.17, 15) is 0 Å². The van der Waals surface area contributed by atoms with E-state index < -0.39 is 0 Å². The minimum absolute atomic E-state index is 0.403. The lowest BCUT2D eigenvalue weighted by Crippen LogP contribution is -2.29. The van der Waals surface area contributed by atoms with Crippen LogP contribution in [0.3, 0.4) is 0 Å². The average Bonchev–Trinajstić information content (AvgIpc) is 2.41. The van der Waals surface area contributed by atoms with Gasteiger partial charge in [-0.25, -0.2) is 0 Å². The molecule has 0 aromatic heterocycles. The van der Waals surface area contributed by atoms with Crippen LogP contribution in [0.4, 0.5) is 0 Å². The molecule has 1 aliphatic rings. The maximum atomic E-state index is 6.46. The zero-order valence-electron chi connectivity index (χ0n) is 10.9. The van der Waals surface area contributed by atoms with E-state index in [1.807, 2.05) is 6.07 Å². The lowest BCUT2D eigenvalue weighted by molar-refractivity contribution is 0.274. The van der Waals surface area contributed by atoms with Crippen molar-refractivity contribution in [2.75, 3.05) is 6.54 Å². The summed E-state index contributed by atoms with van der Waals surface area (Å²) in [5, 5.41) is 4.50. The number of hydrogen-bond donors (Lipinski definition) is 1. The summed E-state index contributed by atoms with van der Waals surface area (Å²) in [5.74, 6) is 0.727. The Bertz CT molecular complexity index is 388. The van der Waals surface area contributed by atoms with Crippen molar-refractivity contribution < 1.29 is 0 Å². The van der Waals surface area contributed by atoms with Gasteiger partial charge >= 0.3 is 0 Å². The van der Waals surface area contributed by atoms with E-state index in [4.69, 9.17) is 11.6 Å². The van der Waals surface area contributed by atoms with Crippen molar-refractivity contribution in [2.24, 2.45) is 5.92 Å². The standard InChI is InChI=1S/C15H21BrClN/c1-2-18-15(11-7-4-3-5-8-11)12-9-6-10-13(16)14(12)17/h6,9-11,15,18H,2-5,7-8H2,1H3. The number of rotatable bonds is 4. The molecule has 1 unspecified atom stereocenters. The van der Waals surface area contributed by atoms with Gasteiger partial charge in [-0.3, -0.25) is 0 Å². The Labute approximate surface area is 123 Å². The van der Waals surface area contributed by atoms with Gasteiger partial charge in [-0.1, -0.05) is 49.9 Å². The van der Waals surface area contributed by atoms with E-state index in [0.717, 1.165) is 22.0 Å². The molecular weight excluding hydrogens is 310 g/mol. The fourth-order valence-electron chi connectivity index (χ4n) is 2.98. The first kappa shape index (κ1) is 14.4. The third-order valence-electron chi connectivity index (χ3n) is 3.86. The van der Waals surface area contributed by atoms with Gasteiger partial charge in [0.15, 0.2) is 0 Å². The second kappa shape index (κ2) is 6.93. The Balaban J connectivity index is 2.25. The fraction of sp³-hybridized carbons (Fsp3) is 0.600. The van der Waals surface area contributed by atoms with Gasteiger partial charge in [-0.05, 0) is 52.9 Å². The molecule has 1 fully saturated rings. The van der Waals surface area contributed by atoms with Gasteiger partial charge in [0.25, 0.3) is 0 Å². The Hall–Kier alpha value is -0.0500. The van der Waals surface area contributed by atoms with Gasteiger partial charge in [0.2, 0.25) is 0 Å². The van der Waals surface area contributed by atoms with Crippen LogP contribution in [0.5, 0.6) is 0 Å². The Morgan fingerprint density at radius 3 is 2.72 bits per heavy atom. The summed E-state index contributed by atoms with van der Waals surface area (Å²) in [6.45, 7) is 3.16. The largest absolute Gasteiger partial charge is 0.310 e. The van der Waals surface area contributed by atoms with Crippen LogP contribution in [0.1, 0.15) is 50.6 Å². The maximum absolute atomic E-state index is 6.46. The van der Waals surface area contributed by atoms with Gasteiger partial charge in [-0.15, -0.1) is 0 Å². The summed E-state index contributed by atoms with van der Waals surface area (Å²) >= 11 is 9.99. The van der Waals surface area contributed by atoms with E-state index >= 15 is 0 Å². The second-order valence-corrected chi connectivity index (χ2v) is 6.31. The quantitative estimate of drug-likeness (QED) is 0.786. The summed E-state index contributed by atoms with van der Waals surface area (Å²) in [6.07, 6.45) is 6.75. The van der Waals surface area contributed by atoms with Crippen molar-refractivity contribution in [3.05, 3.63) is 33.3 Å². The van der Waals surface area contributed by atoms with E-state index in [2.05, 4.69) is 40.3 Å². The average molecular weight is 331 g/mol. The number of halogens is 2. The van der Waals surface area contributed by atoms with Gasteiger partial charge in [0.1, 0.15) is 0 Å². The van der Waals surface area contributed by atoms with Gasteiger partial charge in [0, 0.05) is 10.5 Å². The summed E-state index contributed by atoms with van der Waals surface area (Å²) < 4.78 is 1.00. The first-order chi connectivity index (χ1) is 8.74. The van der Waals surface area contributed by atoms with Crippen LogP contribution in [-0.4, -0.2) is 6.54 Å². The molecule has 1 aromatic rings. The number of hydrogen-bond acceptors (Lipinski definition) is 1. The zero-order chi connectivity index (χ0) is 13.0. The molecule has 100 valence electrons. The van der Waals surface area contributed by atoms with Crippen molar-refractivity contribution in [3.8, 4) is 0 Å². The highest BCUT2D eigenvalue weighted by Gasteiger charge is 2.26. The second-order valence-electron chi connectivity index (χ2n) is 5.08. The lowest BCUT2D eigenvalue weighted by atomic mass is 9.81. The van der Waals surface area contributed by atoms with E-state index in [1.165, 1.54) is 37.7 Å². The molecule has 0 bridgehead atoms. The van der Waals surface area contributed by atoms with Crippen LogP contribution in [0.25, 0.3) is 0 Å². The van der Waals surface area contributed by atoms with Crippen LogP contribution < -0.4 is 5.32 Å². The normalized spacial score (nSPS) is 18.8. The predicted octanol–water partition coefficient (Wildman–Crippen LogP) is 5.33. The monoisotopic (exact) mass is 329 g/mol. The third kappa shape index (κ3) is 3.28. The van der Waals surface area contributed by atoms with Crippen LogP contribution in [-0.2, 0) is 0 Å². The fourth-order valence-corrected chi connectivity index (χ4v) is 3.60. The minimum atomic E-state index is 0.403. The molecular formula is C15H21BrClN. The highest BCUT2D eigenvalue weighted by Crippen LogP contribution is 2.39. The van der Waals surface area contributed by atoms with Crippen molar-refractivity contribution in [3.63, 3.8) is 0 Å².